The van der Waals surface area contributed by atoms with E-state index in [2.05, 4.69) is 4.98 Å². The molecule has 1 aliphatic rings. The molecule has 0 aliphatic carbocycles. The zero-order chi connectivity index (χ0) is 15.3. The second-order valence-electron chi connectivity index (χ2n) is 6.16. The van der Waals surface area contributed by atoms with E-state index < -0.39 is 18.3 Å². The number of hydrogen-bond acceptors (Lipinski definition) is 4. The minimum Gasteiger partial charge on any atom is -0.399 e. The summed E-state index contributed by atoms with van der Waals surface area (Å²) in [5.41, 5.74) is 2.39. The van der Waals surface area contributed by atoms with Crippen LogP contribution >= 0.6 is 11.3 Å². The summed E-state index contributed by atoms with van der Waals surface area (Å²) in [6, 6.07) is 6.42. The largest absolute Gasteiger partial charge is 0.507 e. The van der Waals surface area contributed by atoms with Crippen LogP contribution in [0.1, 0.15) is 27.7 Å². The van der Waals surface area contributed by atoms with Crippen LogP contribution in [0.15, 0.2) is 29.8 Å². The van der Waals surface area contributed by atoms with E-state index in [9.17, 15) is 4.39 Å². The van der Waals surface area contributed by atoms with Crippen LogP contribution in [0.25, 0.3) is 11.3 Å². The average Bonchev–Trinajstić information content (AvgIpc) is 2.93. The van der Waals surface area contributed by atoms with Crippen molar-refractivity contribution >= 4 is 23.2 Å². The second-order valence-corrected chi connectivity index (χ2v) is 7.05. The van der Waals surface area contributed by atoms with Crippen LogP contribution in [0.4, 0.5) is 4.39 Å². The molecule has 0 spiro atoms. The highest BCUT2D eigenvalue weighted by molar-refractivity contribution is 7.21. The van der Waals surface area contributed by atoms with Crippen molar-refractivity contribution in [1.29, 1.82) is 0 Å². The molecule has 1 saturated heterocycles. The van der Waals surface area contributed by atoms with Crippen molar-refractivity contribution in [2.45, 2.75) is 38.9 Å². The van der Waals surface area contributed by atoms with Gasteiger partial charge in [0.25, 0.3) is 0 Å². The number of halogens is 1. The third-order valence-electron chi connectivity index (χ3n) is 4.16. The molecule has 0 saturated carbocycles. The predicted molar refractivity (Wildman–Crippen MR) is 83.2 cm³/mol. The number of nitrogens with zero attached hydrogens (tertiary/aromatic N) is 1. The maximum absolute atomic E-state index is 13.4. The topological polar surface area (TPSA) is 31.4 Å². The molecule has 1 fully saturated rings. The third kappa shape index (κ3) is 2.52. The zero-order valence-corrected chi connectivity index (χ0v) is 13.3. The number of aromatic nitrogens is 1. The van der Waals surface area contributed by atoms with Gasteiger partial charge < -0.3 is 9.31 Å². The Morgan fingerprint density at radius 3 is 2.43 bits per heavy atom. The number of hydrogen-bond donors (Lipinski definition) is 0. The molecule has 21 heavy (non-hydrogen) atoms. The highest BCUT2D eigenvalue weighted by atomic mass is 32.1. The van der Waals surface area contributed by atoms with E-state index >= 15 is 0 Å². The van der Waals surface area contributed by atoms with Gasteiger partial charge in [-0.1, -0.05) is 12.1 Å². The Morgan fingerprint density at radius 2 is 1.81 bits per heavy atom. The number of rotatable bonds is 2. The lowest BCUT2D eigenvalue weighted by atomic mass is 9.84. The minimum atomic E-state index is -0.472. The molecular formula is C15H17BFNO2S. The molecule has 1 aliphatic heterocycles. The molecule has 110 valence electrons. The first-order chi connectivity index (χ1) is 9.80. The zero-order valence-electron chi connectivity index (χ0n) is 12.5. The Morgan fingerprint density at radius 1 is 1.14 bits per heavy atom. The minimum absolute atomic E-state index is 0.277. The molecule has 0 unspecified atom stereocenters. The van der Waals surface area contributed by atoms with Gasteiger partial charge in [0.15, 0.2) is 0 Å². The van der Waals surface area contributed by atoms with E-state index in [-0.39, 0.29) is 5.82 Å². The summed E-state index contributed by atoms with van der Waals surface area (Å²) in [5.74, 6) is -0.277. The Hall–Kier alpha value is -1.24. The predicted octanol–water partition coefficient (Wildman–Crippen LogP) is 3.25. The summed E-state index contributed by atoms with van der Waals surface area (Å²) in [6.45, 7) is 8.04. The van der Waals surface area contributed by atoms with Crippen molar-refractivity contribution in [1.82, 2.24) is 4.98 Å². The molecule has 0 atom stereocenters. The maximum Gasteiger partial charge on any atom is 0.507 e. The monoisotopic (exact) mass is 305 g/mol. The van der Waals surface area contributed by atoms with E-state index in [1.807, 2.05) is 33.8 Å². The number of benzene rings is 1. The van der Waals surface area contributed by atoms with E-state index in [1.165, 1.54) is 23.5 Å². The van der Waals surface area contributed by atoms with Crippen molar-refractivity contribution in [2.24, 2.45) is 0 Å². The summed E-state index contributed by atoms with van der Waals surface area (Å²) in [5, 5.41) is 0. The van der Waals surface area contributed by atoms with Crippen LogP contribution in [0, 0.1) is 5.82 Å². The molecule has 3 rings (SSSR count). The smallest absolute Gasteiger partial charge is 0.399 e. The van der Waals surface area contributed by atoms with E-state index in [1.54, 1.807) is 11.6 Å². The molecule has 1 aromatic heterocycles. The molecule has 1 aromatic carbocycles. The Balaban J connectivity index is 1.98. The van der Waals surface area contributed by atoms with Gasteiger partial charge in [-0.15, -0.1) is 11.3 Å². The van der Waals surface area contributed by atoms with Gasteiger partial charge in [0, 0.05) is 5.56 Å². The molecule has 2 heterocycles. The lowest BCUT2D eigenvalue weighted by Gasteiger charge is -2.32. The van der Waals surface area contributed by atoms with Crippen LogP contribution in [0.2, 0.25) is 0 Å². The normalized spacial score (nSPS) is 20.0. The molecule has 2 aromatic rings. The van der Waals surface area contributed by atoms with Gasteiger partial charge in [-0.2, -0.15) is 0 Å². The fourth-order valence-corrected chi connectivity index (χ4v) is 2.99. The number of thiazole rings is 1. The molecule has 3 nitrogen and oxygen atoms in total. The van der Waals surface area contributed by atoms with Gasteiger partial charge in [0.2, 0.25) is 0 Å². The van der Waals surface area contributed by atoms with E-state index in [0.29, 0.717) is 0 Å². The molecule has 0 bridgehead atoms. The van der Waals surface area contributed by atoms with Crippen molar-refractivity contribution < 1.29 is 13.7 Å². The van der Waals surface area contributed by atoms with E-state index in [0.717, 1.165) is 16.0 Å². The second kappa shape index (κ2) is 4.90. The first kappa shape index (κ1) is 14.7. The van der Waals surface area contributed by atoms with Crippen LogP contribution in [0.5, 0.6) is 0 Å². The van der Waals surface area contributed by atoms with Gasteiger partial charge >= 0.3 is 7.12 Å². The molecule has 0 amide bonds. The van der Waals surface area contributed by atoms with Crippen LogP contribution in [-0.4, -0.2) is 23.3 Å². The van der Waals surface area contributed by atoms with Gasteiger partial charge in [-0.3, -0.25) is 0 Å². The maximum atomic E-state index is 13.4. The lowest BCUT2D eigenvalue weighted by Crippen LogP contribution is -2.41. The quantitative estimate of drug-likeness (QED) is 0.798. The van der Waals surface area contributed by atoms with Crippen molar-refractivity contribution in [3.63, 3.8) is 0 Å². The average molecular weight is 305 g/mol. The summed E-state index contributed by atoms with van der Waals surface area (Å²) >= 11 is 1.47. The van der Waals surface area contributed by atoms with E-state index in [4.69, 9.17) is 9.31 Å². The SMILES string of the molecule is CC1(C)OB(c2scnc2-c2cccc(F)c2)OC1(C)C. The molecule has 0 radical (unpaired) electrons. The van der Waals surface area contributed by atoms with Gasteiger partial charge in [-0.25, -0.2) is 9.37 Å². The highest BCUT2D eigenvalue weighted by Gasteiger charge is 2.53. The first-order valence-corrected chi connectivity index (χ1v) is 7.73. The van der Waals surface area contributed by atoms with Crippen LogP contribution < -0.4 is 4.78 Å². The van der Waals surface area contributed by atoms with Gasteiger partial charge in [0.05, 0.1) is 27.2 Å². The van der Waals surface area contributed by atoms with Gasteiger partial charge in [0.1, 0.15) is 5.82 Å². The van der Waals surface area contributed by atoms with Crippen LogP contribution in [0.3, 0.4) is 0 Å². The fraction of sp³-hybridized carbons (Fsp3) is 0.400. The van der Waals surface area contributed by atoms with Gasteiger partial charge in [-0.05, 0) is 39.8 Å². The first-order valence-electron chi connectivity index (χ1n) is 6.85. The Labute approximate surface area is 128 Å². The summed E-state index contributed by atoms with van der Waals surface area (Å²) < 4.78 is 26.4. The van der Waals surface area contributed by atoms with Crippen molar-refractivity contribution in [2.75, 3.05) is 0 Å². The summed E-state index contributed by atoms with van der Waals surface area (Å²) in [4.78, 5) is 4.36. The van der Waals surface area contributed by atoms with Crippen molar-refractivity contribution in [3.8, 4) is 11.3 Å². The molecule has 0 N–H and O–H groups in total. The molecule has 6 heteroatoms. The lowest BCUT2D eigenvalue weighted by molar-refractivity contribution is 0.00578. The van der Waals surface area contributed by atoms with Crippen LogP contribution in [-0.2, 0) is 9.31 Å². The third-order valence-corrected chi connectivity index (χ3v) is 5.01. The standard InChI is InChI=1S/C15H17BFNO2S/c1-14(2)15(3,4)20-16(19-14)13-12(18-9-21-13)10-6-5-7-11(17)8-10/h5-9H,1-4H3. The summed E-state index contributed by atoms with van der Waals surface area (Å²) in [6.07, 6.45) is 0. The fourth-order valence-electron chi connectivity index (χ4n) is 2.23. The van der Waals surface area contributed by atoms with Crippen molar-refractivity contribution in [3.05, 3.63) is 35.6 Å². The Kier molecular flexibility index (Phi) is 3.43. The summed E-state index contributed by atoms with van der Waals surface area (Å²) in [7, 11) is -0.472. The Bertz CT molecular complexity index is 655. The molecular weight excluding hydrogens is 288 g/mol. The highest BCUT2D eigenvalue weighted by Crippen LogP contribution is 2.37.